The molecular formula is C16H11ClO3. The largest absolute Gasteiger partial charge is 0.478 e. The minimum atomic E-state index is -1.03. The van der Waals surface area contributed by atoms with Crippen molar-refractivity contribution in [1.82, 2.24) is 0 Å². The average Bonchev–Trinajstić information content (AvgIpc) is 2.84. The number of aryl methyl sites for hydroxylation is 1. The Morgan fingerprint density at radius 3 is 2.70 bits per heavy atom. The van der Waals surface area contributed by atoms with Crippen LogP contribution < -0.4 is 0 Å². The van der Waals surface area contributed by atoms with Gasteiger partial charge in [-0.05, 0) is 36.8 Å². The standard InChI is InChI=1S/C16H11ClO3/c1-9-3-2-4-10-7-14(20-15(9)10)12-6-5-11(17)8-13(12)16(18)19/h2-8H,1H3,(H,18,19). The molecule has 3 aromatic rings. The molecule has 3 rings (SSSR count). The number of furan rings is 1. The molecule has 2 aromatic carbocycles. The highest BCUT2D eigenvalue weighted by Gasteiger charge is 2.16. The molecule has 0 amide bonds. The number of halogens is 1. The van der Waals surface area contributed by atoms with Crippen LogP contribution in [0.2, 0.25) is 5.02 Å². The lowest BCUT2D eigenvalue weighted by molar-refractivity contribution is 0.0697. The summed E-state index contributed by atoms with van der Waals surface area (Å²) < 4.78 is 5.81. The van der Waals surface area contributed by atoms with E-state index in [-0.39, 0.29) is 5.56 Å². The van der Waals surface area contributed by atoms with Crippen LogP contribution in [0.1, 0.15) is 15.9 Å². The summed E-state index contributed by atoms with van der Waals surface area (Å²) in [6.07, 6.45) is 0. The fourth-order valence-electron chi connectivity index (χ4n) is 2.25. The first-order chi connectivity index (χ1) is 9.56. The van der Waals surface area contributed by atoms with E-state index in [4.69, 9.17) is 16.0 Å². The Morgan fingerprint density at radius 1 is 1.20 bits per heavy atom. The number of hydrogen-bond donors (Lipinski definition) is 1. The van der Waals surface area contributed by atoms with Crippen molar-refractivity contribution < 1.29 is 14.3 Å². The lowest BCUT2D eigenvalue weighted by Crippen LogP contribution is -1.98. The van der Waals surface area contributed by atoms with Crippen molar-refractivity contribution in [2.75, 3.05) is 0 Å². The van der Waals surface area contributed by atoms with Crippen molar-refractivity contribution in [3.63, 3.8) is 0 Å². The molecule has 3 nitrogen and oxygen atoms in total. The first-order valence-electron chi connectivity index (χ1n) is 6.08. The first-order valence-corrected chi connectivity index (χ1v) is 6.46. The molecule has 100 valence electrons. The third kappa shape index (κ3) is 2.06. The van der Waals surface area contributed by atoms with Crippen LogP contribution in [-0.4, -0.2) is 11.1 Å². The van der Waals surface area contributed by atoms with E-state index in [0.717, 1.165) is 16.5 Å². The highest BCUT2D eigenvalue weighted by molar-refractivity contribution is 6.31. The molecule has 1 aromatic heterocycles. The van der Waals surface area contributed by atoms with E-state index in [1.807, 2.05) is 31.2 Å². The van der Waals surface area contributed by atoms with Gasteiger partial charge in [-0.25, -0.2) is 4.79 Å². The Labute approximate surface area is 120 Å². The van der Waals surface area contributed by atoms with E-state index < -0.39 is 5.97 Å². The summed E-state index contributed by atoms with van der Waals surface area (Å²) in [4.78, 5) is 11.3. The summed E-state index contributed by atoms with van der Waals surface area (Å²) in [5.74, 6) is -0.497. The Balaban J connectivity index is 2.25. The minimum Gasteiger partial charge on any atom is -0.478 e. The Bertz CT molecular complexity index is 818. The first kappa shape index (κ1) is 12.8. The number of carboxylic acid groups (broad SMARTS) is 1. The Morgan fingerprint density at radius 2 is 2.00 bits per heavy atom. The molecule has 0 atom stereocenters. The van der Waals surface area contributed by atoms with E-state index in [1.165, 1.54) is 6.07 Å². The molecule has 0 saturated carbocycles. The maximum absolute atomic E-state index is 11.3. The molecule has 0 bridgehead atoms. The average molecular weight is 287 g/mol. The number of carbonyl (C=O) groups is 1. The second-order valence-electron chi connectivity index (χ2n) is 4.60. The monoisotopic (exact) mass is 286 g/mol. The van der Waals surface area contributed by atoms with Gasteiger partial charge in [-0.1, -0.05) is 29.8 Å². The molecule has 0 aliphatic carbocycles. The zero-order chi connectivity index (χ0) is 14.3. The van der Waals surface area contributed by atoms with Gasteiger partial charge in [-0.2, -0.15) is 0 Å². The molecule has 0 aliphatic heterocycles. The SMILES string of the molecule is Cc1cccc2cc(-c3ccc(Cl)cc3C(=O)O)oc12. The van der Waals surface area contributed by atoms with E-state index in [1.54, 1.807) is 12.1 Å². The molecule has 1 heterocycles. The van der Waals surface area contributed by atoms with Gasteiger partial charge in [-0.3, -0.25) is 0 Å². The van der Waals surface area contributed by atoms with Crippen LogP contribution in [0.15, 0.2) is 46.9 Å². The van der Waals surface area contributed by atoms with E-state index >= 15 is 0 Å². The number of rotatable bonds is 2. The smallest absolute Gasteiger partial charge is 0.336 e. The maximum Gasteiger partial charge on any atom is 0.336 e. The fourth-order valence-corrected chi connectivity index (χ4v) is 2.42. The normalized spacial score (nSPS) is 10.9. The highest BCUT2D eigenvalue weighted by atomic mass is 35.5. The number of carboxylic acids is 1. The highest BCUT2D eigenvalue weighted by Crippen LogP contribution is 2.32. The zero-order valence-electron chi connectivity index (χ0n) is 10.7. The second-order valence-corrected chi connectivity index (χ2v) is 5.04. The van der Waals surface area contributed by atoms with Crippen LogP contribution in [0.4, 0.5) is 0 Å². The van der Waals surface area contributed by atoms with Crippen molar-refractivity contribution >= 4 is 28.5 Å². The van der Waals surface area contributed by atoms with Gasteiger partial charge in [0, 0.05) is 16.0 Å². The van der Waals surface area contributed by atoms with Gasteiger partial charge in [-0.15, -0.1) is 0 Å². The molecule has 20 heavy (non-hydrogen) atoms. The summed E-state index contributed by atoms with van der Waals surface area (Å²) in [6, 6.07) is 12.4. The topological polar surface area (TPSA) is 50.4 Å². The number of hydrogen-bond acceptors (Lipinski definition) is 2. The quantitative estimate of drug-likeness (QED) is 0.739. The van der Waals surface area contributed by atoms with E-state index in [2.05, 4.69) is 0 Å². The van der Waals surface area contributed by atoms with E-state index in [0.29, 0.717) is 16.3 Å². The molecule has 4 heteroatoms. The van der Waals surface area contributed by atoms with Crippen molar-refractivity contribution in [3.05, 3.63) is 58.6 Å². The summed E-state index contributed by atoms with van der Waals surface area (Å²) in [6.45, 7) is 1.95. The molecule has 0 fully saturated rings. The number of fused-ring (bicyclic) bond motifs is 1. The third-order valence-electron chi connectivity index (χ3n) is 3.22. The summed E-state index contributed by atoms with van der Waals surface area (Å²) in [5.41, 5.74) is 2.44. The molecule has 0 spiro atoms. The van der Waals surface area contributed by atoms with Crippen molar-refractivity contribution in [1.29, 1.82) is 0 Å². The predicted molar refractivity (Wildman–Crippen MR) is 78.4 cm³/mol. The van der Waals surface area contributed by atoms with Crippen LogP contribution in [0.3, 0.4) is 0 Å². The number of aromatic carboxylic acids is 1. The molecule has 1 N–H and O–H groups in total. The second kappa shape index (κ2) is 4.69. The molecule has 0 unspecified atom stereocenters. The van der Waals surface area contributed by atoms with E-state index in [9.17, 15) is 9.90 Å². The van der Waals surface area contributed by atoms with Gasteiger partial charge in [0.05, 0.1) is 5.56 Å². The van der Waals surface area contributed by atoms with Crippen LogP contribution in [-0.2, 0) is 0 Å². The number of benzene rings is 2. The van der Waals surface area contributed by atoms with Gasteiger partial charge in [0.1, 0.15) is 11.3 Å². The molecule has 0 saturated heterocycles. The van der Waals surface area contributed by atoms with Crippen LogP contribution in [0.25, 0.3) is 22.3 Å². The van der Waals surface area contributed by atoms with Gasteiger partial charge < -0.3 is 9.52 Å². The zero-order valence-corrected chi connectivity index (χ0v) is 11.4. The lowest BCUT2D eigenvalue weighted by atomic mass is 10.1. The summed E-state index contributed by atoms with van der Waals surface area (Å²) in [7, 11) is 0. The predicted octanol–water partition coefficient (Wildman–Crippen LogP) is 4.76. The van der Waals surface area contributed by atoms with Gasteiger partial charge >= 0.3 is 5.97 Å². The molecule has 0 aliphatic rings. The Kier molecular flexibility index (Phi) is 2.99. The van der Waals surface area contributed by atoms with Crippen LogP contribution >= 0.6 is 11.6 Å². The van der Waals surface area contributed by atoms with Gasteiger partial charge in [0.15, 0.2) is 0 Å². The molecular weight excluding hydrogens is 276 g/mol. The lowest BCUT2D eigenvalue weighted by Gasteiger charge is -2.03. The summed E-state index contributed by atoms with van der Waals surface area (Å²) >= 11 is 5.86. The summed E-state index contributed by atoms with van der Waals surface area (Å²) in [5, 5.41) is 10.6. The Hall–Kier alpha value is -2.26. The van der Waals surface area contributed by atoms with Crippen molar-refractivity contribution in [2.45, 2.75) is 6.92 Å². The third-order valence-corrected chi connectivity index (χ3v) is 3.45. The van der Waals surface area contributed by atoms with Crippen molar-refractivity contribution in [2.24, 2.45) is 0 Å². The van der Waals surface area contributed by atoms with Gasteiger partial charge in [0.25, 0.3) is 0 Å². The fraction of sp³-hybridized carbons (Fsp3) is 0.0625. The van der Waals surface area contributed by atoms with Gasteiger partial charge in [0.2, 0.25) is 0 Å². The minimum absolute atomic E-state index is 0.134. The van der Waals surface area contributed by atoms with Crippen LogP contribution in [0, 0.1) is 6.92 Å². The molecule has 0 radical (unpaired) electrons. The number of para-hydroxylation sites is 1. The van der Waals surface area contributed by atoms with Crippen molar-refractivity contribution in [3.8, 4) is 11.3 Å². The maximum atomic E-state index is 11.3. The van der Waals surface area contributed by atoms with Crippen LogP contribution in [0.5, 0.6) is 0 Å².